The van der Waals surface area contributed by atoms with Gasteiger partial charge in [0.1, 0.15) is 11.9 Å². The molecule has 0 aromatic heterocycles. The molecule has 2 aromatic rings. The highest BCUT2D eigenvalue weighted by atomic mass is 16.5. The molecule has 5 nitrogen and oxygen atoms in total. The monoisotopic (exact) mass is 338 g/mol. The van der Waals surface area contributed by atoms with E-state index in [1.54, 1.807) is 7.11 Å². The summed E-state index contributed by atoms with van der Waals surface area (Å²) in [5.41, 5.74) is 2.61. The van der Waals surface area contributed by atoms with Gasteiger partial charge in [0.25, 0.3) is 5.91 Å². The number of nitrogens with zero attached hydrogens (tertiary/aromatic N) is 1. The van der Waals surface area contributed by atoms with Crippen LogP contribution in [0, 0.1) is 0 Å². The molecular formula is C20H22N2O3. The van der Waals surface area contributed by atoms with Crippen LogP contribution in [0.3, 0.4) is 0 Å². The van der Waals surface area contributed by atoms with Gasteiger partial charge in [0, 0.05) is 18.8 Å². The van der Waals surface area contributed by atoms with Crippen LogP contribution in [0.2, 0.25) is 0 Å². The van der Waals surface area contributed by atoms with Crippen molar-refractivity contribution >= 4 is 11.6 Å². The molecule has 2 aliphatic rings. The van der Waals surface area contributed by atoms with Crippen LogP contribution in [0.5, 0.6) is 5.75 Å². The minimum atomic E-state index is -0.211. The number of rotatable bonds is 4. The van der Waals surface area contributed by atoms with Gasteiger partial charge in [0.2, 0.25) is 0 Å². The topological polar surface area (TPSA) is 50.8 Å². The van der Waals surface area contributed by atoms with E-state index in [1.165, 1.54) is 0 Å². The molecule has 4 rings (SSSR count). The van der Waals surface area contributed by atoms with Crippen LogP contribution in [0.1, 0.15) is 34.9 Å². The fraction of sp³-hybridized carbons (Fsp3) is 0.350. The number of amides is 1. The number of nitrogens with one attached hydrogen (secondary N) is 1. The fourth-order valence-electron chi connectivity index (χ4n) is 3.54. The second kappa shape index (κ2) is 6.76. The summed E-state index contributed by atoms with van der Waals surface area (Å²) in [6.45, 7) is 1.38. The first-order valence-corrected chi connectivity index (χ1v) is 8.68. The average Bonchev–Trinajstić information content (AvgIpc) is 3.17. The Bertz CT molecular complexity index is 754. The second-order valence-corrected chi connectivity index (χ2v) is 6.46. The molecule has 0 radical (unpaired) electrons. The Morgan fingerprint density at radius 2 is 2.00 bits per heavy atom. The molecule has 2 aliphatic heterocycles. The lowest BCUT2D eigenvalue weighted by molar-refractivity contribution is 0.0427. The number of methoxy groups -OCH3 is 1. The van der Waals surface area contributed by atoms with Crippen molar-refractivity contribution in [3.05, 3.63) is 59.7 Å². The van der Waals surface area contributed by atoms with Crippen molar-refractivity contribution in [1.29, 1.82) is 0 Å². The zero-order valence-corrected chi connectivity index (χ0v) is 14.3. The number of benzene rings is 2. The van der Waals surface area contributed by atoms with Gasteiger partial charge in [-0.15, -0.1) is 0 Å². The van der Waals surface area contributed by atoms with Gasteiger partial charge in [-0.05, 0) is 42.7 Å². The van der Waals surface area contributed by atoms with Crippen molar-refractivity contribution < 1.29 is 14.3 Å². The average molecular weight is 338 g/mol. The summed E-state index contributed by atoms with van der Waals surface area (Å²) in [6, 6.07) is 15.5. The third-order valence-electron chi connectivity index (χ3n) is 4.88. The number of carbonyl (C=O) groups excluding carboxylic acids is 1. The highest BCUT2D eigenvalue weighted by Crippen LogP contribution is 2.34. The molecule has 0 saturated carbocycles. The van der Waals surface area contributed by atoms with E-state index in [-0.39, 0.29) is 18.2 Å². The molecule has 2 atom stereocenters. The Balaban J connectivity index is 1.68. The van der Waals surface area contributed by atoms with Gasteiger partial charge < -0.3 is 19.7 Å². The Hall–Kier alpha value is -2.53. The van der Waals surface area contributed by atoms with Gasteiger partial charge in [-0.25, -0.2) is 0 Å². The van der Waals surface area contributed by atoms with E-state index < -0.39 is 0 Å². The first kappa shape index (κ1) is 16.0. The van der Waals surface area contributed by atoms with E-state index in [0.29, 0.717) is 12.1 Å². The van der Waals surface area contributed by atoms with Gasteiger partial charge >= 0.3 is 0 Å². The molecule has 2 aromatic carbocycles. The van der Waals surface area contributed by atoms with Crippen LogP contribution >= 0.6 is 0 Å². The van der Waals surface area contributed by atoms with E-state index in [0.717, 1.165) is 36.4 Å². The maximum absolute atomic E-state index is 13.1. The van der Waals surface area contributed by atoms with Crippen molar-refractivity contribution in [2.45, 2.75) is 25.1 Å². The minimum absolute atomic E-state index is 0.0469. The molecule has 1 N–H and O–H groups in total. The SMILES string of the molecule is COc1ccc([C@@H]2Nc3ccccc3C(=O)N2C[C@H]2CCCO2)cc1. The molecule has 1 saturated heterocycles. The zero-order chi connectivity index (χ0) is 17.2. The van der Waals surface area contributed by atoms with Crippen molar-refractivity contribution in [2.24, 2.45) is 0 Å². The van der Waals surface area contributed by atoms with Crippen molar-refractivity contribution in [2.75, 3.05) is 25.6 Å². The summed E-state index contributed by atoms with van der Waals surface area (Å²) < 4.78 is 11.0. The zero-order valence-electron chi connectivity index (χ0n) is 14.3. The number of anilines is 1. The number of hydrogen-bond donors (Lipinski definition) is 1. The predicted molar refractivity (Wildman–Crippen MR) is 95.8 cm³/mol. The van der Waals surface area contributed by atoms with Gasteiger partial charge in [-0.1, -0.05) is 24.3 Å². The van der Waals surface area contributed by atoms with E-state index in [9.17, 15) is 4.79 Å². The lowest BCUT2D eigenvalue weighted by Crippen LogP contribution is -2.46. The van der Waals surface area contributed by atoms with E-state index in [2.05, 4.69) is 5.32 Å². The Morgan fingerprint density at radius 1 is 1.20 bits per heavy atom. The van der Waals surface area contributed by atoms with Crippen LogP contribution < -0.4 is 10.1 Å². The van der Waals surface area contributed by atoms with Gasteiger partial charge in [-0.2, -0.15) is 0 Å². The maximum Gasteiger partial charge on any atom is 0.257 e. The second-order valence-electron chi connectivity index (χ2n) is 6.46. The number of fused-ring (bicyclic) bond motifs is 1. The van der Waals surface area contributed by atoms with Crippen LogP contribution in [0.15, 0.2) is 48.5 Å². The summed E-state index contributed by atoms with van der Waals surface area (Å²) >= 11 is 0. The number of ether oxygens (including phenoxy) is 2. The molecule has 0 unspecified atom stereocenters. The number of para-hydroxylation sites is 1. The molecule has 0 aliphatic carbocycles. The molecule has 5 heteroatoms. The third-order valence-corrected chi connectivity index (χ3v) is 4.88. The third kappa shape index (κ3) is 3.07. The molecule has 1 amide bonds. The van der Waals surface area contributed by atoms with E-state index in [1.807, 2.05) is 53.4 Å². The van der Waals surface area contributed by atoms with Crippen LogP contribution in [0.4, 0.5) is 5.69 Å². The fourth-order valence-corrected chi connectivity index (χ4v) is 3.54. The van der Waals surface area contributed by atoms with Crippen LogP contribution in [0.25, 0.3) is 0 Å². The molecule has 130 valence electrons. The summed E-state index contributed by atoms with van der Waals surface area (Å²) in [4.78, 5) is 15.0. The van der Waals surface area contributed by atoms with Crippen LogP contribution in [-0.2, 0) is 4.74 Å². The first-order valence-electron chi connectivity index (χ1n) is 8.68. The largest absolute Gasteiger partial charge is 0.497 e. The summed E-state index contributed by atoms with van der Waals surface area (Å²) in [7, 11) is 1.65. The summed E-state index contributed by atoms with van der Waals surface area (Å²) in [5, 5.41) is 3.51. The van der Waals surface area contributed by atoms with Crippen molar-refractivity contribution in [3.63, 3.8) is 0 Å². The summed E-state index contributed by atoms with van der Waals surface area (Å²) in [6.07, 6.45) is 1.96. The quantitative estimate of drug-likeness (QED) is 0.928. The molecule has 1 fully saturated rings. The molecule has 0 bridgehead atoms. The molecule has 0 spiro atoms. The predicted octanol–water partition coefficient (Wildman–Crippen LogP) is 3.44. The number of hydrogen-bond acceptors (Lipinski definition) is 4. The van der Waals surface area contributed by atoms with E-state index in [4.69, 9.17) is 9.47 Å². The van der Waals surface area contributed by atoms with Gasteiger partial charge in [0.15, 0.2) is 0 Å². The van der Waals surface area contributed by atoms with Crippen molar-refractivity contribution in [3.8, 4) is 5.75 Å². The highest BCUT2D eigenvalue weighted by Gasteiger charge is 2.35. The lowest BCUT2D eigenvalue weighted by Gasteiger charge is -2.39. The normalized spacial score (nSPS) is 22.4. The Kier molecular flexibility index (Phi) is 4.32. The maximum atomic E-state index is 13.1. The Morgan fingerprint density at radius 3 is 2.72 bits per heavy atom. The Labute approximate surface area is 147 Å². The summed E-state index contributed by atoms with van der Waals surface area (Å²) in [5.74, 6) is 0.850. The lowest BCUT2D eigenvalue weighted by atomic mass is 10.0. The van der Waals surface area contributed by atoms with Crippen LogP contribution in [-0.4, -0.2) is 37.2 Å². The molecular weight excluding hydrogens is 316 g/mol. The molecule has 25 heavy (non-hydrogen) atoms. The smallest absolute Gasteiger partial charge is 0.257 e. The number of carbonyl (C=O) groups is 1. The van der Waals surface area contributed by atoms with Gasteiger partial charge in [0.05, 0.1) is 18.8 Å². The van der Waals surface area contributed by atoms with Gasteiger partial charge in [-0.3, -0.25) is 4.79 Å². The molecule has 2 heterocycles. The highest BCUT2D eigenvalue weighted by molar-refractivity contribution is 6.01. The van der Waals surface area contributed by atoms with Crippen molar-refractivity contribution in [1.82, 2.24) is 4.90 Å². The first-order chi connectivity index (χ1) is 12.3. The standard InChI is InChI=1S/C20H22N2O3/c1-24-15-10-8-14(9-11-15)19-21-18-7-3-2-6-17(18)20(23)22(19)13-16-5-4-12-25-16/h2-3,6-11,16,19,21H,4-5,12-13H2,1H3/t16-,19-/m1/s1. The minimum Gasteiger partial charge on any atom is -0.497 e. The van der Waals surface area contributed by atoms with E-state index >= 15 is 0 Å².